The molecule has 1 atom stereocenters. The van der Waals surface area contributed by atoms with Crippen LogP contribution >= 0.6 is 0 Å². The van der Waals surface area contributed by atoms with Crippen molar-refractivity contribution in [1.82, 2.24) is 24.9 Å². The third-order valence-electron chi connectivity index (χ3n) is 6.55. The van der Waals surface area contributed by atoms with E-state index in [2.05, 4.69) is 62.4 Å². The number of amides is 1. The number of carbonyl (C=O) groups is 1. The Hall–Kier alpha value is -2.89. The average molecular weight is 420 g/mol. The highest BCUT2D eigenvalue weighted by molar-refractivity contribution is 5.77. The van der Waals surface area contributed by atoms with Crippen LogP contribution < -0.4 is 5.32 Å². The highest BCUT2D eigenvalue weighted by Gasteiger charge is 2.36. The van der Waals surface area contributed by atoms with Gasteiger partial charge in [-0.3, -0.25) is 9.48 Å². The number of benzene rings is 1. The minimum Gasteiger partial charge on any atom is -0.349 e. The van der Waals surface area contributed by atoms with Crippen LogP contribution in [0.2, 0.25) is 0 Å². The van der Waals surface area contributed by atoms with Gasteiger partial charge in [-0.15, -0.1) is 0 Å². The summed E-state index contributed by atoms with van der Waals surface area (Å²) >= 11 is 0. The Bertz CT molecular complexity index is 1100. The molecule has 2 aromatic heterocycles. The van der Waals surface area contributed by atoms with E-state index >= 15 is 0 Å². The average Bonchev–Trinajstić information content (AvgIpc) is 3.21. The number of hydrogen-bond donors (Lipinski definition) is 1. The molecule has 0 radical (unpaired) electrons. The molecule has 0 spiro atoms. The van der Waals surface area contributed by atoms with Crippen molar-refractivity contribution in [1.29, 1.82) is 0 Å². The second-order valence-electron chi connectivity index (χ2n) is 9.73. The fourth-order valence-corrected chi connectivity index (χ4v) is 4.76. The Morgan fingerprint density at radius 3 is 2.55 bits per heavy atom. The van der Waals surface area contributed by atoms with Gasteiger partial charge >= 0.3 is 0 Å². The summed E-state index contributed by atoms with van der Waals surface area (Å²) in [4.78, 5) is 12.9. The minimum atomic E-state index is -0.0125. The maximum absolute atomic E-state index is 12.9. The molecule has 0 saturated carbocycles. The Kier molecular flexibility index (Phi) is 5.50. The maximum atomic E-state index is 12.9. The molecule has 3 aromatic rings. The number of carbonyl (C=O) groups excluding carboxylic acids is 1. The zero-order valence-electron chi connectivity index (χ0n) is 19.5. The van der Waals surface area contributed by atoms with Crippen LogP contribution in [0.1, 0.15) is 66.5 Å². The van der Waals surface area contributed by atoms with Gasteiger partial charge in [-0.25, -0.2) is 4.68 Å². The normalized spacial score (nSPS) is 17.4. The zero-order chi connectivity index (χ0) is 22.3. The third kappa shape index (κ3) is 4.29. The first-order valence-electron chi connectivity index (χ1n) is 11.1. The summed E-state index contributed by atoms with van der Waals surface area (Å²) in [6.07, 6.45) is 4.96. The van der Waals surface area contributed by atoms with Crippen LogP contribution in [-0.2, 0) is 24.7 Å². The van der Waals surface area contributed by atoms with Crippen LogP contribution in [0.5, 0.6) is 0 Å². The minimum absolute atomic E-state index is 0.0125. The molecule has 0 unspecified atom stereocenters. The fraction of sp³-hybridized carbons (Fsp3) is 0.480. The maximum Gasteiger partial charge on any atom is 0.220 e. The van der Waals surface area contributed by atoms with Crippen molar-refractivity contribution in [3.8, 4) is 5.69 Å². The summed E-state index contributed by atoms with van der Waals surface area (Å²) in [5.74, 6) is 0.0828. The largest absolute Gasteiger partial charge is 0.349 e. The standard InChI is InChI=1S/C25H33N5O/c1-16-7-9-19(10-8-16)30-23-14-25(4,5)13-22(21(23)15-26-30)27-24(31)12-11-20-17(2)28-29(6)18(20)3/h7-10,15,22H,11-14H2,1-6H3,(H,27,31)/t22-/m1/s1. The second kappa shape index (κ2) is 7.98. The van der Waals surface area contributed by atoms with Gasteiger partial charge in [-0.05, 0) is 63.1 Å². The second-order valence-corrected chi connectivity index (χ2v) is 9.73. The molecule has 31 heavy (non-hydrogen) atoms. The fourth-order valence-electron chi connectivity index (χ4n) is 4.76. The molecule has 164 valence electrons. The van der Waals surface area contributed by atoms with Gasteiger partial charge in [0.1, 0.15) is 0 Å². The molecular weight excluding hydrogens is 386 g/mol. The van der Waals surface area contributed by atoms with Crippen LogP contribution in [0.3, 0.4) is 0 Å². The van der Waals surface area contributed by atoms with E-state index in [0.717, 1.165) is 35.5 Å². The summed E-state index contributed by atoms with van der Waals surface area (Å²) in [7, 11) is 1.95. The van der Waals surface area contributed by atoms with Gasteiger partial charge in [-0.2, -0.15) is 10.2 Å². The van der Waals surface area contributed by atoms with E-state index in [-0.39, 0.29) is 17.4 Å². The quantitative estimate of drug-likeness (QED) is 0.671. The number of rotatable bonds is 5. The third-order valence-corrected chi connectivity index (χ3v) is 6.55. The van der Waals surface area contributed by atoms with Gasteiger partial charge in [0.15, 0.2) is 0 Å². The molecule has 1 aliphatic rings. The molecule has 1 N–H and O–H groups in total. The molecule has 0 saturated heterocycles. The Balaban J connectivity index is 1.53. The lowest BCUT2D eigenvalue weighted by atomic mass is 9.74. The molecule has 1 amide bonds. The van der Waals surface area contributed by atoms with Gasteiger partial charge in [-0.1, -0.05) is 31.5 Å². The molecule has 2 heterocycles. The number of aryl methyl sites for hydroxylation is 3. The molecular formula is C25H33N5O. The molecule has 6 heteroatoms. The lowest BCUT2D eigenvalue weighted by Crippen LogP contribution is -2.36. The summed E-state index contributed by atoms with van der Waals surface area (Å²) in [6.45, 7) is 10.7. The predicted molar refractivity (Wildman–Crippen MR) is 122 cm³/mol. The van der Waals surface area contributed by atoms with Crippen LogP contribution in [0.25, 0.3) is 5.69 Å². The first-order valence-corrected chi connectivity index (χ1v) is 11.1. The summed E-state index contributed by atoms with van der Waals surface area (Å²) < 4.78 is 3.93. The van der Waals surface area contributed by atoms with E-state index in [0.29, 0.717) is 12.8 Å². The van der Waals surface area contributed by atoms with E-state index in [9.17, 15) is 4.79 Å². The summed E-state index contributed by atoms with van der Waals surface area (Å²) in [6, 6.07) is 8.42. The summed E-state index contributed by atoms with van der Waals surface area (Å²) in [5.41, 5.74) is 8.04. The van der Waals surface area contributed by atoms with E-state index in [1.165, 1.54) is 16.8 Å². The first-order chi connectivity index (χ1) is 14.6. The number of nitrogens with one attached hydrogen (secondary N) is 1. The molecule has 0 bridgehead atoms. The van der Waals surface area contributed by atoms with Crippen LogP contribution in [-0.4, -0.2) is 25.5 Å². The van der Waals surface area contributed by atoms with Gasteiger partial charge < -0.3 is 5.32 Å². The summed E-state index contributed by atoms with van der Waals surface area (Å²) in [5, 5.41) is 12.5. The van der Waals surface area contributed by atoms with Crippen molar-refractivity contribution >= 4 is 5.91 Å². The zero-order valence-corrected chi connectivity index (χ0v) is 19.5. The highest BCUT2D eigenvalue weighted by Crippen LogP contribution is 2.41. The van der Waals surface area contributed by atoms with Crippen LogP contribution in [0.15, 0.2) is 30.5 Å². The van der Waals surface area contributed by atoms with Crippen molar-refractivity contribution in [3.63, 3.8) is 0 Å². The van der Waals surface area contributed by atoms with Crippen molar-refractivity contribution in [2.24, 2.45) is 12.5 Å². The molecule has 1 aliphatic carbocycles. The van der Waals surface area contributed by atoms with Crippen molar-refractivity contribution < 1.29 is 4.79 Å². The van der Waals surface area contributed by atoms with Gasteiger partial charge in [0.05, 0.1) is 29.3 Å². The first kappa shape index (κ1) is 21.3. The molecule has 1 aromatic carbocycles. The van der Waals surface area contributed by atoms with Crippen molar-refractivity contribution in [3.05, 3.63) is 64.2 Å². The van der Waals surface area contributed by atoms with Gasteiger partial charge in [0.2, 0.25) is 5.91 Å². The topological polar surface area (TPSA) is 64.7 Å². The van der Waals surface area contributed by atoms with Gasteiger partial charge in [0, 0.05) is 24.7 Å². The number of aromatic nitrogens is 4. The van der Waals surface area contributed by atoms with Gasteiger partial charge in [0.25, 0.3) is 0 Å². The molecule has 0 fully saturated rings. The van der Waals surface area contributed by atoms with E-state index in [4.69, 9.17) is 5.10 Å². The van der Waals surface area contributed by atoms with Crippen molar-refractivity contribution in [2.75, 3.05) is 0 Å². The molecule has 6 nitrogen and oxygen atoms in total. The number of hydrogen-bond acceptors (Lipinski definition) is 3. The SMILES string of the molecule is Cc1ccc(-n2ncc3c2CC(C)(C)C[C@H]3NC(=O)CCc2c(C)nn(C)c2C)cc1. The lowest BCUT2D eigenvalue weighted by Gasteiger charge is -2.36. The van der Waals surface area contributed by atoms with E-state index in [1.54, 1.807) is 0 Å². The monoisotopic (exact) mass is 419 g/mol. The highest BCUT2D eigenvalue weighted by atomic mass is 16.1. The van der Waals surface area contributed by atoms with E-state index in [1.807, 2.05) is 29.5 Å². The number of nitrogens with zero attached hydrogens (tertiary/aromatic N) is 4. The Morgan fingerprint density at radius 1 is 1.19 bits per heavy atom. The van der Waals surface area contributed by atoms with Crippen molar-refractivity contribution in [2.45, 2.75) is 66.3 Å². The van der Waals surface area contributed by atoms with Crippen LogP contribution in [0.4, 0.5) is 0 Å². The smallest absolute Gasteiger partial charge is 0.220 e. The van der Waals surface area contributed by atoms with E-state index < -0.39 is 0 Å². The lowest BCUT2D eigenvalue weighted by molar-refractivity contribution is -0.122. The molecule has 4 rings (SSSR count). The number of fused-ring (bicyclic) bond motifs is 1. The van der Waals surface area contributed by atoms with Crippen LogP contribution in [0, 0.1) is 26.2 Å². The predicted octanol–water partition coefficient (Wildman–Crippen LogP) is 4.29. The Morgan fingerprint density at radius 2 is 1.90 bits per heavy atom. The Labute approximate surface area is 184 Å². The molecule has 0 aliphatic heterocycles.